The molecule has 0 bridgehead atoms. The summed E-state index contributed by atoms with van der Waals surface area (Å²) in [6, 6.07) is 4.28. The van der Waals surface area contributed by atoms with Gasteiger partial charge in [-0.25, -0.2) is 0 Å². The first-order valence-electron chi connectivity index (χ1n) is 6.16. The van der Waals surface area contributed by atoms with E-state index < -0.39 is 0 Å². The summed E-state index contributed by atoms with van der Waals surface area (Å²) >= 11 is 0. The molecule has 0 amide bonds. The zero-order valence-corrected chi connectivity index (χ0v) is 10.4. The van der Waals surface area contributed by atoms with Gasteiger partial charge in [0.25, 0.3) is 0 Å². The fraction of sp³-hybridized carbons (Fsp3) is 0.500. The van der Waals surface area contributed by atoms with Crippen molar-refractivity contribution in [3.05, 3.63) is 41.7 Å². The molecule has 1 N–H and O–H groups in total. The van der Waals surface area contributed by atoms with E-state index in [4.69, 9.17) is 0 Å². The first kappa shape index (κ1) is 12.9. The normalized spacial score (nSPS) is 11.1. The molecule has 2 heteroatoms. The molecule has 0 aliphatic carbocycles. The van der Waals surface area contributed by atoms with E-state index in [1.54, 1.807) is 0 Å². The quantitative estimate of drug-likeness (QED) is 0.562. The minimum atomic E-state index is 0.941. The van der Waals surface area contributed by atoms with E-state index in [0.29, 0.717) is 0 Å². The number of hydrogen-bond acceptors (Lipinski definition) is 2. The van der Waals surface area contributed by atoms with Crippen LogP contribution in [0.5, 0.6) is 0 Å². The van der Waals surface area contributed by atoms with E-state index in [-0.39, 0.29) is 0 Å². The maximum atomic E-state index is 4.42. The Labute approximate surface area is 98.8 Å². The lowest BCUT2D eigenvalue weighted by Crippen LogP contribution is -2.12. The Morgan fingerprint density at radius 3 is 2.75 bits per heavy atom. The van der Waals surface area contributed by atoms with Gasteiger partial charge in [0, 0.05) is 18.3 Å². The second kappa shape index (κ2) is 8.05. The summed E-state index contributed by atoms with van der Waals surface area (Å²) in [4.78, 5) is 4.42. The van der Waals surface area contributed by atoms with Crippen molar-refractivity contribution in [2.45, 2.75) is 33.1 Å². The van der Waals surface area contributed by atoms with E-state index >= 15 is 0 Å². The minimum absolute atomic E-state index is 0.941. The largest absolute Gasteiger partial charge is 0.317 e. The molecule has 2 nitrogen and oxygen atoms in total. The monoisotopic (exact) mass is 218 g/mol. The Morgan fingerprint density at radius 1 is 1.25 bits per heavy atom. The number of aromatic nitrogens is 1. The van der Waals surface area contributed by atoms with E-state index in [2.05, 4.69) is 48.4 Å². The topological polar surface area (TPSA) is 24.9 Å². The lowest BCUT2D eigenvalue weighted by molar-refractivity contribution is 0.726. The standard InChI is InChI=1S/C14H22N2/c1-3-13-9-10-14(16-12-13)8-6-5-7-11-15-4-2/h5-6,9-10,12,15H,3-4,7-8,11H2,1-2H3. The summed E-state index contributed by atoms with van der Waals surface area (Å²) in [5, 5.41) is 3.30. The van der Waals surface area contributed by atoms with E-state index in [1.165, 1.54) is 5.56 Å². The third kappa shape index (κ3) is 5.08. The van der Waals surface area contributed by atoms with Gasteiger partial charge in [-0.15, -0.1) is 0 Å². The molecular weight excluding hydrogens is 196 g/mol. The molecule has 0 spiro atoms. The first-order chi connectivity index (χ1) is 7.86. The van der Waals surface area contributed by atoms with Crippen molar-refractivity contribution in [1.82, 2.24) is 10.3 Å². The van der Waals surface area contributed by atoms with Crippen LogP contribution in [0.15, 0.2) is 30.5 Å². The Hall–Kier alpha value is -1.15. The van der Waals surface area contributed by atoms with Crippen LogP contribution in [0.25, 0.3) is 0 Å². The van der Waals surface area contributed by atoms with Crippen molar-refractivity contribution in [3.63, 3.8) is 0 Å². The molecular formula is C14H22N2. The highest BCUT2D eigenvalue weighted by Crippen LogP contribution is 2.02. The molecule has 88 valence electrons. The Balaban J connectivity index is 2.25. The van der Waals surface area contributed by atoms with Crippen LogP contribution in [0.3, 0.4) is 0 Å². The van der Waals surface area contributed by atoms with Crippen LogP contribution in [0.1, 0.15) is 31.5 Å². The van der Waals surface area contributed by atoms with Gasteiger partial charge >= 0.3 is 0 Å². The summed E-state index contributed by atoms with van der Waals surface area (Å²) in [6.07, 6.45) is 9.49. The molecule has 0 unspecified atom stereocenters. The van der Waals surface area contributed by atoms with E-state index in [0.717, 1.165) is 38.0 Å². The number of hydrogen-bond donors (Lipinski definition) is 1. The molecule has 16 heavy (non-hydrogen) atoms. The number of pyridine rings is 1. The van der Waals surface area contributed by atoms with Crippen LogP contribution in [-0.4, -0.2) is 18.1 Å². The zero-order valence-electron chi connectivity index (χ0n) is 10.4. The Morgan fingerprint density at radius 2 is 2.12 bits per heavy atom. The molecule has 1 aromatic rings. The average molecular weight is 218 g/mol. The van der Waals surface area contributed by atoms with E-state index in [9.17, 15) is 0 Å². The molecule has 1 rings (SSSR count). The molecule has 0 aliphatic rings. The molecule has 0 aliphatic heterocycles. The van der Waals surface area contributed by atoms with Crippen molar-refractivity contribution in [3.8, 4) is 0 Å². The summed E-state index contributed by atoms with van der Waals surface area (Å²) in [5.74, 6) is 0. The number of aryl methyl sites for hydroxylation is 1. The summed E-state index contributed by atoms with van der Waals surface area (Å²) in [7, 11) is 0. The van der Waals surface area contributed by atoms with Crippen LogP contribution in [0.2, 0.25) is 0 Å². The Kier molecular flexibility index (Phi) is 6.50. The van der Waals surface area contributed by atoms with Crippen LogP contribution in [-0.2, 0) is 12.8 Å². The summed E-state index contributed by atoms with van der Waals surface area (Å²) < 4.78 is 0. The van der Waals surface area contributed by atoms with Crippen LogP contribution < -0.4 is 5.32 Å². The van der Waals surface area contributed by atoms with Gasteiger partial charge in [-0.1, -0.05) is 32.1 Å². The molecule has 0 saturated heterocycles. The lowest BCUT2D eigenvalue weighted by Gasteiger charge is -1.98. The highest BCUT2D eigenvalue weighted by molar-refractivity contribution is 5.15. The maximum absolute atomic E-state index is 4.42. The maximum Gasteiger partial charge on any atom is 0.0441 e. The van der Waals surface area contributed by atoms with Crippen molar-refractivity contribution in [2.24, 2.45) is 0 Å². The molecule has 0 fully saturated rings. The van der Waals surface area contributed by atoms with Gasteiger partial charge in [0.1, 0.15) is 0 Å². The van der Waals surface area contributed by atoms with Crippen molar-refractivity contribution < 1.29 is 0 Å². The van der Waals surface area contributed by atoms with Gasteiger partial charge in [0.15, 0.2) is 0 Å². The van der Waals surface area contributed by atoms with Gasteiger partial charge in [-0.05, 0) is 37.6 Å². The van der Waals surface area contributed by atoms with Crippen LogP contribution in [0.4, 0.5) is 0 Å². The van der Waals surface area contributed by atoms with Crippen LogP contribution >= 0.6 is 0 Å². The Bertz CT molecular complexity index is 301. The van der Waals surface area contributed by atoms with Crippen molar-refractivity contribution >= 4 is 0 Å². The molecule has 1 aromatic heterocycles. The molecule has 0 radical (unpaired) electrons. The smallest absolute Gasteiger partial charge is 0.0441 e. The predicted molar refractivity (Wildman–Crippen MR) is 69.6 cm³/mol. The summed E-state index contributed by atoms with van der Waals surface area (Å²) in [6.45, 7) is 6.39. The number of rotatable bonds is 7. The second-order valence-corrected chi connectivity index (χ2v) is 3.83. The first-order valence-corrected chi connectivity index (χ1v) is 6.16. The number of nitrogens with zero attached hydrogens (tertiary/aromatic N) is 1. The molecule has 0 aromatic carbocycles. The number of allylic oxidation sites excluding steroid dienone is 1. The van der Waals surface area contributed by atoms with Crippen LogP contribution in [0, 0.1) is 0 Å². The molecule has 0 saturated carbocycles. The third-order valence-corrected chi connectivity index (χ3v) is 2.53. The van der Waals surface area contributed by atoms with Crippen molar-refractivity contribution in [1.29, 1.82) is 0 Å². The minimum Gasteiger partial charge on any atom is -0.317 e. The third-order valence-electron chi connectivity index (χ3n) is 2.53. The molecule has 1 heterocycles. The highest BCUT2D eigenvalue weighted by atomic mass is 14.8. The zero-order chi connectivity index (χ0) is 11.6. The van der Waals surface area contributed by atoms with Gasteiger partial charge < -0.3 is 5.32 Å². The van der Waals surface area contributed by atoms with Gasteiger partial charge in [-0.2, -0.15) is 0 Å². The van der Waals surface area contributed by atoms with Gasteiger partial charge in [0.2, 0.25) is 0 Å². The SMILES string of the molecule is CCNCCC=CCc1ccc(CC)cn1. The second-order valence-electron chi connectivity index (χ2n) is 3.83. The van der Waals surface area contributed by atoms with E-state index in [1.807, 2.05) is 6.20 Å². The van der Waals surface area contributed by atoms with Gasteiger partial charge in [0.05, 0.1) is 0 Å². The van der Waals surface area contributed by atoms with Gasteiger partial charge in [-0.3, -0.25) is 4.98 Å². The summed E-state index contributed by atoms with van der Waals surface area (Å²) in [5.41, 5.74) is 2.46. The highest BCUT2D eigenvalue weighted by Gasteiger charge is 1.92. The average Bonchev–Trinajstić information content (AvgIpc) is 2.34. The number of nitrogens with one attached hydrogen (secondary N) is 1. The fourth-order valence-corrected chi connectivity index (χ4v) is 1.47. The molecule has 0 atom stereocenters. The lowest BCUT2D eigenvalue weighted by atomic mass is 10.2. The fourth-order valence-electron chi connectivity index (χ4n) is 1.47. The predicted octanol–water partition coefficient (Wildman–Crippen LogP) is 2.74. The van der Waals surface area contributed by atoms with Crippen molar-refractivity contribution in [2.75, 3.05) is 13.1 Å².